The molecule has 0 radical (unpaired) electrons. The number of amides is 2. The van der Waals surface area contributed by atoms with Crippen LogP contribution in [0.4, 0.5) is 10.5 Å². The summed E-state index contributed by atoms with van der Waals surface area (Å²) in [6.07, 6.45) is 0. The molecule has 13 heavy (non-hydrogen) atoms. The predicted molar refractivity (Wildman–Crippen MR) is 56.4 cm³/mol. The number of rotatable bonds is 2. The van der Waals surface area contributed by atoms with Gasteiger partial charge >= 0.3 is 6.03 Å². The first-order valence-corrected chi connectivity index (χ1v) is 4.99. The van der Waals surface area contributed by atoms with Crippen molar-refractivity contribution in [1.29, 1.82) is 0 Å². The molecular weight excluding hydrogens is 184 g/mol. The minimum atomic E-state index is -0.504. The van der Waals surface area contributed by atoms with Crippen LogP contribution in [0.5, 0.6) is 0 Å². The third kappa shape index (κ3) is 2.45. The van der Waals surface area contributed by atoms with Crippen LogP contribution >= 0.6 is 11.3 Å². The van der Waals surface area contributed by atoms with E-state index in [2.05, 4.69) is 19.2 Å². The molecule has 0 aliphatic heterocycles. The van der Waals surface area contributed by atoms with Crippen molar-refractivity contribution in [3.63, 3.8) is 0 Å². The van der Waals surface area contributed by atoms with Crippen LogP contribution in [0.1, 0.15) is 29.5 Å². The number of aryl methyl sites for hydroxylation is 1. The fourth-order valence-corrected chi connectivity index (χ4v) is 2.03. The van der Waals surface area contributed by atoms with Gasteiger partial charge in [0.05, 0.1) is 5.69 Å². The van der Waals surface area contributed by atoms with Gasteiger partial charge in [0.1, 0.15) is 0 Å². The third-order valence-corrected chi connectivity index (χ3v) is 3.11. The number of carbonyl (C=O) groups excluding carboxylic acids is 1. The van der Waals surface area contributed by atoms with Crippen LogP contribution in [0.15, 0.2) is 6.07 Å². The molecule has 72 valence electrons. The van der Waals surface area contributed by atoms with Crippen LogP contribution in [0.3, 0.4) is 0 Å². The van der Waals surface area contributed by atoms with Gasteiger partial charge in [0.2, 0.25) is 0 Å². The largest absolute Gasteiger partial charge is 0.351 e. The van der Waals surface area contributed by atoms with Crippen molar-refractivity contribution < 1.29 is 4.79 Å². The van der Waals surface area contributed by atoms with Crippen molar-refractivity contribution >= 4 is 23.1 Å². The monoisotopic (exact) mass is 198 g/mol. The Balaban J connectivity index is 2.89. The number of urea groups is 1. The standard InChI is InChI=1S/C9H14N2OS/c1-5(2)8-4-7(6(3)13-8)11-9(10)12/h4-5H,1-3H3,(H3,10,11,12). The molecule has 1 heterocycles. The lowest BCUT2D eigenvalue weighted by molar-refractivity contribution is 0.259. The number of carbonyl (C=O) groups is 1. The number of hydrogen-bond donors (Lipinski definition) is 2. The van der Waals surface area contributed by atoms with Crippen molar-refractivity contribution in [3.05, 3.63) is 15.8 Å². The molecular formula is C9H14N2OS. The molecule has 0 bridgehead atoms. The van der Waals surface area contributed by atoms with Gasteiger partial charge in [0, 0.05) is 9.75 Å². The van der Waals surface area contributed by atoms with Gasteiger partial charge in [0.15, 0.2) is 0 Å². The van der Waals surface area contributed by atoms with Gasteiger partial charge in [0.25, 0.3) is 0 Å². The van der Waals surface area contributed by atoms with E-state index in [-0.39, 0.29) is 0 Å². The lowest BCUT2D eigenvalue weighted by Gasteiger charge is -1.98. The quantitative estimate of drug-likeness (QED) is 0.754. The molecule has 0 aliphatic carbocycles. The number of primary amides is 1. The minimum absolute atomic E-state index is 0.493. The lowest BCUT2D eigenvalue weighted by Crippen LogP contribution is -2.19. The molecule has 0 saturated carbocycles. The van der Waals surface area contributed by atoms with E-state index in [1.165, 1.54) is 4.88 Å². The first kappa shape index (κ1) is 10.1. The number of nitrogens with two attached hydrogens (primary N) is 1. The highest BCUT2D eigenvalue weighted by Crippen LogP contribution is 2.30. The van der Waals surface area contributed by atoms with Gasteiger partial charge in [-0.1, -0.05) is 13.8 Å². The summed E-state index contributed by atoms with van der Waals surface area (Å²) >= 11 is 1.69. The first-order valence-electron chi connectivity index (χ1n) is 4.17. The Bertz CT molecular complexity index is 317. The number of nitrogens with one attached hydrogen (secondary N) is 1. The van der Waals surface area contributed by atoms with E-state index in [0.29, 0.717) is 5.92 Å². The molecule has 0 aromatic carbocycles. The molecule has 0 unspecified atom stereocenters. The molecule has 0 saturated heterocycles. The maximum absolute atomic E-state index is 10.6. The van der Waals surface area contributed by atoms with E-state index in [1.807, 2.05) is 13.0 Å². The van der Waals surface area contributed by atoms with Crippen molar-refractivity contribution in [2.24, 2.45) is 5.73 Å². The summed E-state index contributed by atoms with van der Waals surface area (Å²) in [5.74, 6) is 0.493. The maximum Gasteiger partial charge on any atom is 0.316 e. The predicted octanol–water partition coefficient (Wildman–Crippen LogP) is 2.67. The van der Waals surface area contributed by atoms with Gasteiger partial charge in [-0.3, -0.25) is 0 Å². The van der Waals surface area contributed by atoms with E-state index < -0.39 is 6.03 Å². The summed E-state index contributed by atoms with van der Waals surface area (Å²) < 4.78 is 0. The van der Waals surface area contributed by atoms with E-state index in [9.17, 15) is 4.79 Å². The molecule has 0 aliphatic rings. The Morgan fingerprint density at radius 3 is 2.62 bits per heavy atom. The molecule has 0 fully saturated rings. The average Bonchev–Trinajstić information content (AvgIpc) is 2.31. The molecule has 1 aromatic heterocycles. The van der Waals surface area contributed by atoms with Crippen LogP contribution in [0.25, 0.3) is 0 Å². The molecule has 4 heteroatoms. The summed E-state index contributed by atoms with van der Waals surface area (Å²) in [7, 11) is 0. The van der Waals surface area contributed by atoms with Crippen molar-refractivity contribution in [2.45, 2.75) is 26.7 Å². The van der Waals surface area contributed by atoms with Gasteiger partial charge in [-0.05, 0) is 18.9 Å². The fourth-order valence-electron chi connectivity index (χ4n) is 1.05. The zero-order valence-corrected chi connectivity index (χ0v) is 8.87. The second-order valence-corrected chi connectivity index (χ2v) is 4.55. The first-order chi connectivity index (χ1) is 6.00. The Morgan fingerprint density at radius 1 is 1.62 bits per heavy atom. The Morgan fingerprint density at radius 2 is 2.23 bits per heavy atom. The highest BCUT2D eigenvalue weighted by molar-refractivity contribution is 7.12. The molecule has 3 nitrogen and oxygen atoms in total. The van der Waals surface area contributed by atoms with Crippen LogP contribution < -0.4 is 11.1 Å². The number of anilines is 1. The van der Waals surface area contributed by atoms with Crippen LogP contribution in [0, 0.1) is 6.92 Å². The average molecular weight is 198 g/mol. The number of hydrogen-bond acceptors (Lipinski definition) is 2. The zero-order chi connectivity index (χ0) is 10.0. The highest BCUT2D eigenvalue weighted by atomic mass is 32.1. The topological polar surface area (TPSA) is 55.1 Å². The fraction of sp³-hybridized carbons (Fsp3) is 0.444. The molecule has 0 atom stereocenters. The third-order valence-electron chi connectivity index (χ3n) is 1.76. The SMILES string of the molecule is Cc1sc(C(C)C)cc1NC(N)=O. The van der Waals surface area contributed by atoms with Crippen LogP contribution in [0.2, 0.25) is 0 Å². The Hall–Kier alpha value is -1.03. The maximum atomic E-state index is 10.6. The summed E-state index contributed by atoms with van der Waals surface area (Å²) in [5, 5.41) is 2.60. The minimum Gasteiger partial charge on any atom is -0.351 e. The Labute approximate surface area is 81.9 Å². The molecule has 0 spiro atoms. The van der Waals surface area contributed by atoms with Gasteiger partial charge in [-0.2, -0.15) is 0 Å². The summed E-state index contributed by atoms with van der Waals surface area (Å²) in [6.45, 7) is 6.22. The van der Waals surface area contributed by atoms with E-state index >= 15 is 0 Å². The molecule has 1 rings (SSSR count). The van der Waals surface area contributed by atoms with Gasteiger partial charge in [-0.25, -0.2) is 4.79 Å². The molecule has 2 amide bonds. The van der Waals surface area contributed by atoms with Crippen LogP contribution in [-0.2, 0) is 0 Å². The summed E-state index contributed by atoms with van der Waals surface area (Å²) in [5.41, 5.74) is 5.87. The smallest absolute Gasteiger partial charge is 0.316 e. The summed E-state index contributed by atoms with van der Waals surface area (Å²) in [6, 6.07) is 1.48. The zero-order valence-electron chi connectivity index (χ0n) is 8.05. The van der Waals surface area contributed by atoms with E-state index in [4.69, 9.17) is 5.73 Å². The molecule has 3 N–H and O–H groups in total. The Kier molecular flexibility index (Phi) is 2.93. The number of thiophene rings is 1. The van der Waals surface area contributed by atoms with Gasteiger partial charge in [-0.15, -0.1) is 11.3 Å². The van der Waals surface area contributed by atoms with Gasteiger partial charge < -0.3 is 11.1 Å². The summed E-state index contributed by atoms with van der Waals surface area (Å²) in [4.78, 5) is 13.0. The van der Waals surface area contributed by atoms with Crippen molar-refractivity contribution in [1.82, 2.24) is 0 Å². The van der Waals surface area contributed by atoms with E-state index in [0.717, 1.165) is 10.6 Å². The van der Waals surface area contributed by atoms with E-state index in [1.54, 1.807) is 11.3 Å². The van der Waals surface area contributed by atoms with Crippen LogP contribution in [-0.4, -0.2) is 6.03 Å². The lowest BCUT2D eigenvalue weighted by atomic mass is 10.2. The van der Waals surface area contributed by atoms with Crippen molar-refractivity contribution in [2.75, 3.05) is 5.32 Å². The molecule has 1 aromatic rings. The highest BCUT2D eigenvalue weighted by Gasteiger charge is 2.08. The second-order valence-electron chi connectivity index (χ2n) is 3.26. The second kappa shape index (κ2) is 3.79. The normalized spacial score (nSPS) is 10.5. The van der Waals surface area contributed by atoms with Crippen molar-refractivity contribution in [3.8, 4) is 0 Å².